The Morgan fingerprint density at radius 1 is 1.42 bits per heavy atom. The summed E-state index contributed by atoms with van der Waals surface area (Å²) in [4.78, 5) is 20.6. The zero-order valence-corrected chi connectivity index (χ0v) is 7.08. The van der Waals surface area contributed by atoms with Crippen molar-refractivity contribution in [2.45, 2.75) is 19.5 Å². The van der Waals surface area contributed by atoms with Crippen molar-refractivity contribution in [3.63, 3.8) is 0 Å². The maximum Gasteiger partial charge on any atom is 0.399 e. The third kappa shape index (κ3) is 3.75. The molecule has 70 valence electrons. The van der Waals surface area contributed by atoms with E-state index in [1.165, 1.54) is 0 Å². The van der Waals surface area contributed by atoms with Crippen molar-refractivity contribution in [2.75, 3.05) is 0 Å². The molecule has 0 aliphatic rings. The molecule has 0 fully saturated rings. The van der Waals surface area contributed by atoms with Gasteiger partial charge in [-0.2, -0.15) is 13.2 Å². The van der Waals surface area contributed by atoms with Crippen LogP contribution in [0.3, 0.4) is 0 Å². The molecule has 0 aromatic carbocycles. The number of ketones is 1. The highest BCUT2D eigenvalue weighted by Gasteiger charge is 2.43. The zero-order valence-electron chi connectivity index (χ0n) is 6.18. The van der Waals surface area contributed by atoms with Crippen LogP contribution in [0.4, 0.5) is 13.2 Å². The maximum atomic E-state index is 11.9. The second-order valence-corrected chi connectivity index (χ2v) is 2.78. The van der Waals surface area contributed by atoms with Gasteiger partial charge in [0, 0.05) is 6.42 Å². The minimum atomic E-state index is -4.68. The fraction of sp³-hybridized carbons (Fsp3) is 0.667. The molecular weight excluding hydrogens is 193 g/mol. The smallest absolute Gasteiger partial charge is 0.300 e. The summed E-state index contributed by atoms with van der Waals surface area (Å²) in [5, 5.41) is -1.32. The van der Waals surface area contributed by atoms with E-state index in [0.717, 1.165) is 6.92 Å². The van der Waals surface area contributed by atoms with Crippen LogP contribution >= 0.6 is 12.6 Å². The summed E-state index contributed by atoms with van der Waals surface area (Å²) in [7, 11) is 0. The number of hydrogen-bond acceptors (Lipinski definition) is 2. The van der Waals surface area contributed by atoms with Crippen LogP contribution in [0.5, 0.6) is 0 Å². The van der Waals surface area contributed by atoms with Gasteiger partial charge in [0.1, 0.15) is 11.7 Å². The number of thiol groups is 1. The number of halogens is 3. The summed E-state index contributed by atoms with van der Waals surface area (Å²) in [6, 6.07) is 0. The maximum absolute atomic E-state index is 11.9. The Morgan fingerprint density at radius 2 is 1.83 bits per heavy atom. The van der Waals surface area contributed by atoms with Crippen molar-refractivity contribution < 1.29 is 22.8 Å². The van der Waals surface area contributed by atoms with E-state index in [1.54, 1.807) is 0 Å². The lowest BCUT2D eigenvalue weighted by atomic mass is 10.0. The van der Waals surface area contributed by atoms with Crippen LogP contribution in [0.15, 0.2) is 0 Å². The Bertz CT molecular complexity index is 199. The first-order valence-corrected chi connectivity index (χ1v) is 3.49. The Balaban J connectivity index is 4.46. The molecular formula is C6H7F3O2S. The molecule has 0 spiro atoms. The summed E-state index contributed by atoms with van der Waals surface area (Å²) in [6.45, 7) is 0.995. The van der Waals surface area contributed by atoms with Crippen LogP contribution in [-0.2, 0) is 9.59 Å². The molecule has 0 radical (unpaired) electrons. The number of Topliss-reactive ketones (excluding diaryl/α,β-unsaturated/α-hetero) is 1. The van der Waals surface area contributed by atoms with Gasteiger partial charge in [-0.05, 0) is 6.92 Å². The van der Waals surface area contributed by atoms with Gasteiger partial charge in [0.2, 0.25) is 0 Å². The van der Waals surface area contributed by atoms with E-state index in [2.05, 4.69) is 12.6 Å². The molecule has 0 aliphatic carbocycles. The number of alkyl halides is 3. The highest BCUT2D eigenvalue weighted by atomic mass is 32.1. The van der Waals surface area contributed by atoms with Crippen molar-refractivity contribution in [1.29, 1.82) is 0 Å². The first-order valence-electron chi connectivity index (χ1n) is 3.04. The monoisotopic (exact) mass is 200 g/mol. The quantitative estimate of drug-likeness (QED) is 0.702. The highest BCUT2D eigenvalue weighted by Crippen LogP contribution is 2.30. The molecule has 0 aromatic heterocycles. The predicted octanol–water partition coefficient (Wildman–Crippen LogP) is 1.60. The molecule has 0 aliphatic heterocycles. The zero-order chi connectivity index (χ0) is 9.94. The van der Waals surface area contributed by atoms with Gasteiger partial charge < -0.3 is 0 Å². The third-order valence-corrected chi connectivity index (χ3v) is 1.50. The molecule has 0 saturated carbocycles. The van der Waals surface area contributed by atoms with Gasteiger partial charge in [-0.3, -0.25) is 9.59 Å². The van der Waals surface area contributed by atoms with Gasteiger partial charge in [0.05, 0.1) is 0 Å². The number of rotatable bonds is 3. The third-order valence-electron chi connectivity index (χ3n) is 1.18. The number of carbonyl (C=O) groups excluding carboxylic acids is 2. The van der Waals surface area contributed by atoms with Crippen molar-refractivity contribution in [3.05, 3.63) is 0 Å². The minimum Gasteiger partial charge on any atom is -0.300 e. The van der Waals surface area contributed by atoms with E-state index < -0.39 is 29.4 Å². The van der Waals surface area contributed by atoms with Gasteiger partial charge in [-0.25, -0.2) is 0 Å². The second kappa shape index (κ2) is 3.93. The normalized spacial score (nSPS) is 14.1. The SMILES string of the molecule is CC(=O)C[C@@H](C(=O)S)C(F)(F)F. The van der Waals surface area contributed by atoms with Crippen LogP contribution in [0.25, 0.3) is 0 Å². The van der Waals surface area contributed by atoms with Gasteiger partial charge in [0.15, 0.2) is 5.12 Å². The molecule has 12 heavy (non-hydrogen) atoms. The molecule has 0 N–H and O–H groups in total. The van der Waals surface area contributed by atoms with E-state index in [9.17, 15) is 22.8 Å². The lowest BCUT2D eigenvalue weighted by Gasteiger charge is -2.14. The van der Waals surface area contributed by atoms with E-state index in [4.69, 9.17) is 0 Å². The van der Waals surface area contributed by atoms with Crippen LogP contribution in [0, 0.1) is 5.92 Å². The van der Waals surface area contributed by atoms with Crippen molar-refractivity contribution in [3.8, 4) is 0 Å². The molecule has 0 aromatic rings. The van der Waals surface area contributed by atoms with Crippen molar-refractivity contribution in [1.82, 2.24) is 0 Å². The highest BCUT2D eigenvalue weighted by molar-refractivity contribution is 7.96. The van der Waals surface area contributed by atoms with Crippen LogP contribution in [0.1, 0.15) is 13.3 Å². The summed E-state index contributed by atoms with van der Waals surface area (Å²) in [6.07, 6.45) is -5.50. The largest absolute Gasteiger partial charge is 0.399 e. The number of carbonyl (C=O) groups is 2. The summed E-state index contributed by atoms with van der Waals surface area (Å²) in [5.41, 5.74) is 0. The van der Waals surface area contributed by atoms with Crippen LogP contribution in [-0.4, -0.2) is 17.1 Å². The molecule has 2 nitrogen and oxygen atoms in total. The topological polar surface area (TPSA) is 34.1 Å². The van der Waals surface area contributed by atoms with Crippen LogP contribution in [0.2, 0.25) is 0 Å². The minimum absolute atomic E-state index is 0.681. The first-order chi connectivity index (χ1) is 5.25. The van der Waals surface area contributed by atoms with E-state index >= 15 is 0 Å². The lowest BCUT2D eigenvalue weighted by molar-refractivity contribution is -0.179. The van der Waals surface area contributed by atoms with Crippen molar-refractivity contribution >= 4 is 23.5 Å². The molecule has 0 amide bonds. The van der Waals surface area contributed by atoms with Gasteiger partial charge in [-0.1, -0.05) is 0 Å². The number of hydrogen-bond donors (Lipinski definition) is 1. The molecule has 1 atom stereocenters. The Morgan fingerprint density at radius 3 is 1.92 bits per heavy atom. The molecule has 0 unspecified atom stereocenters. The summed E-state index contributed by atoms with van der Waals surface area (Å²) < 4.78 is 35.7. The van der Waals surface area contributed by atoms with Crippen LogP contribution < -0.4 is 0 Å². The van der Waals surface area contributed by atoms with Gasteiger partial charge >= 0.3 is 6.18 Å². The standard InChI is InChI=1S/C6H7F3O2S/c1-3(10)2-4(5(11)12)6(7,8)9/h4H,2H2,1H3,(H,11,12)/t4-/m0/s1. The van der Waals surface area contributed by atoms with E-state index in [1.807, 2.05) is 0 Å². The summed E-state index contributed by atoms with van der Waals surface area (Å²) >= 11 is 3.05. The Labute approximate surface area is 72.5 Å². The van der Waals surface area contributed by atoms with Gasteiger partial charge in [0.25, 0.3) is 0 Å². The Kier molecular flexibility index (Phi) is 3.76. The first kappa shape index (κ1) is 11.5. The fourth-order valence-corrected chi connectivity index (χ4v) is 0.868. The predicted molar refractivity (Wildman–Crippen MR) is 38.8 cm³/mol. The van der Waals surface area contributed by atoms with E-state index in [0.29, 0.717) is 0 Å². The van der Waals surface area contributed by atoms with Gasteiger partial charge in [-0.15, -0.1) is 12.6 Å². The molecule has 0 bridgehead atoms. The lowest BCUT2D eigenvalue weighted by Crippen LogP contribution is -2.29. The second-order valence-electron chi connectivity index (χ2n) is 2.34. The van der Waals surface area contributed by atoms with Crippen molar-refractivity contribution in [2.24, 2.45) is 5.92 Å². The molecule has 6 heteroatoms. The molecule has 0 heterocycles. The molecule has 0 saturated heterocycles. The molecule has 0 rings (SSSR count). The summed E-state index contributed by atoms with van der Waals surface area (Å²) in [5.74, 6) is -2.95. The Hall–Kier alpha value is -0.520. The average molecular weight is 200 g/mol. The average Bonchev–Trinajstić information content (AvgIpc) is 1.79. The van der Waals surface area contributed by atoms with E-state index in [-0.39, 0.29) is 0 Å². The fourth-order valence-electron chi connectivity index (χ4n) is 0.631.